The van der Waals surface area contributed by atoms with E-state index in [1.807, 2.05) is 32.8 Å². The van der Waals surface area contributed by atoms with Crippen molar-refractivity contribution < 1.29 is 13.9 Å². The molecule has 1 aromatic carbocycles. The Morgan fingerprint density at radius 1 is 1.31 bits per heavy atom. The number of ether oxygens (including phenoxy) is 1. The Morgan fingerprint density at radius 3 is 2.59 bits per heavy atom. The molecule has 0 radical (unpaired) electrons. The lowest BCUT2D eigenvalue weighted by atomic mass is 10.0. The fraction of sp³-hybridized carbons (Fsp3) is 0.400. The zero-order chi connectivity index (χ0) is 20.7. The molecule has 0 aliphatic heterocycles. The molecule has 160 valence electrons. The molecule has 9 heteroatoms. The number of rotatable bonds is 10. The Bertz CT molecular complexity index is 791. The summed E-state index contributed by atoms with van der Waals surface area (Å²) in [5.74, 6) is 0.616. The van der Waals surface area contributed by atoms with E-state index in [0.717, 1.165) is 5.82 Å². The highest BCUT2D eigenvalue weighted by molar-refractivity contribution is 6.32. The monoisotopic (exact) mass is 444 g/mol. The predicted octanol–water partition coefficient (Wildman–Crippen LogP) is 4.33. The summed E-state index contributed by atoms with van der Waals surface area (Å²) in [5.41, 5.74) is 0.456. The van der Waals surface area contributed by atoms with Gasteiger partial charge in [0.05, 0.1) is 11.2 Å². The van der Waals surface area contributed by atoms with Crippen molar-refractivity contribution in [1.29, 1.82) is 0 Å². The predicted molar refractivity (Wildman–Crippen MR) is 117 cm³/mol. The highest BCUT2D eigenvalue weighted by Crippen LogP contribution is 2.36. The topological polar surface area (TPSA) is 66.5 Å². The van der Waals surface area contributed by atoms with Crippen molar-refractivity contribution >= 4 is 36.2 Å². The van der Waals surface area contributed by atoms with Crippen molar-refractivity contribution in [2.75, 3.05) is 25.5 Å². The Morgan fingerprint density at radius 2 is 2.03 bits per heavy atom. The highest BCUT2D eigenvalue weighted by atomic mass is 35.5. The van der Waals surface area contributed by atoms with E-state index in [1.165, 1.54) is 6.20 Å². The van der Waals surface area contributed by atoms with E-state index in [0.29, 0.717) is 30.7 Å². The average Bonchev–Trinajstić information content (AvgIpc) is 2.68. The summed E-state index contributed by atoms with van der Waals surface area (Å²) >= 11 is 6.19. The zero-order valence-corrected chi connectivity index (χ0v) is 18.5. The molecule has 0 spiro atoms. The number of nitrogens with zero attached hydrogens (tertiary/aromatic N) is 2. The van der Waals surface area contributed by atoms with Gasteiger partial charge in [0.2, 0.25) is 6.41 Å². The van der Waals surface area contributed by atoms with E-state index in [1.54, 1.807) is 24.3 Å². The van der Waals surface area contributed by atoms with Crippen LogP contribution in [-0.4, -0.2) is 38.1 Å². The molecule has 0 unspecified atom stereocenters. The Labute approximate surface area is 182 Å². The fourth-order valence-electron chi connectivity index (χ4n) is 2.78. The highest BCUT2D eigenvalue weighted by Gasteiger charge is 2.22. The van der Waals surface area contributed by atoms with E-state index in [9.17, 15) is 4.79 Å². The summed E-state index contributed by atoms with van der Waals surface area (Å²) in [6.07, 6.45) is 2.83. The van der Waals surface area contributed by atoms with Gasteiger partial charge in [-0.1, -0.05) is 24.6 Å². The summed E-state index contributed by atoms with van der Waals surface area (Å²) in [7, 11) is 3.76. The molecule has 0 aliphatic rings. The van der Waals surface area contributed by atoms with Crippen molar-refractivity contribution in [3.05, 3.63) is 46.9 Å². The summed E-state index contributed by atoms with van der Waals surface area (Å²) < 4.78 is 20.9. The van der Waals surface area contributed by atoms with Gasteiger partial charge in [0, 0.05) is 38.3 Å². The first-order valence-corrected chi connectivity index (χ1v) is 9.47. The van der Waals surface area contributed by atoms with Crippen LogP contribution < -0.4 is 20.3 Å². The van der Waals surface area contributed by atoms with Crippen molar-refractivity contribution in [2.24, 2.45) is 0 Å². The molecule has 2 atom stereocenters. The van der Waals surface area contributed by atoms with E-state index in [4.69, 9.17) is 16.3 Å². The molecule has 0 aliphatic carbocycles. The van der Waals surface area contributed by atoms with Crippen LogP contribution in [0.1, 0.15) is 31.9 Å². The first-order valence-electron chi connectivity index (χ1n) is 9.09. The summed E-state index contributed by atoms with van der Waals surface area (Å²) in [6, 6.07) is 6.49. The van der Waals surface area contributed by atoms with Crippen LogP contribution in [0.3, 0.4) is 0 Å². The standard InChI is InChI=1S/C20H26ClFN4O2.ClH/c1-5-17(25-13(2)10-23-12-27)15-7-8-16(21)20(19(15)22)28-14-6-9-18(24-11-14)26(3)4;/h6-9,11-13,17,25H,5,10H2,1-4H3,(H,23,27);1H/t13-,17-;/m1./s1. The van der Waals surface area contributed by atoms with Crippen molar-refractivity contribution in [3.8, 4) is 11.5 Å². The smallest absolute Gasteiger partial charge is 0.207 e. The number of hydrogen-bond acceptors (Lipinski definition) is 5. The SMILES string of the molecule is CC[C@@H](N[C@H](C)CNC=O)c1ccc(Cl)c(Oc2ccc(N(C)C)nc2)c1F.Cl. The van der Waals surface area contributed by atoms with Gasteiger partial charge in [-0.25, -0.2) is 9.37 Å². The zero-order valence-electron chi connectivity index (χ0n) is 16.9. The van der Waals surface area contributed by atoms with Crippen LogP contribution in [0.5, 0.6) is 11.5 Å². The maximum Gasteiger partial charge on any atom is 0.207 e. The van der Waals surface area contributed by atoms with Crippen molar-refractivity contribution in [2.45, 2.75) is 32.4 Å². The first-order chi connectivity index (χ1) is 13.4. The molecule has 2 aromatic rings. The molecule has 0 saturated heterocycles. The molecule has 1 amide bonds. The lowest BCUT2D eigenvalue weighted by Crippen LogP contribution is -2.38. The first kappa shape index (κ1) is 24.9. The normalized spacial score (nSPS) is 12.5. The number of carbonyl (C=O) groups is 1. The number of nitrogens with one attached hydrogen (secondary N) is 2. The summed E-state index contributed by atoms with van der Waals surface area (Å²) in [6.45, 7) is 4.32. The number of anilines is 1. The maximum atomic E-state index is 15.2. The number of benzene rings is 1. The maximum absolute atomic E-state index is 15.2. The third-order valence-electron chi connectivity index (χ3n) is 4.25. The molecule has 6 nitrogen and oxygen atoms in total. The molecule has 1 heterocycles. The van der Waals surface area contributed by atoms with Gasteiger partial charge in [0.1, 0.15) is 11.6 Å². The van der Waals surface area contributed by atoms with E-state index >= 15 is 4.39 Å². The van der Waals surface area contributed by atoms with Gasteiger partial charge in [-0.3, -0.25) is 4.79 Å². The third kappa shape index (κ3) is 6.73. The lowest BCUT2D eigenvalue weighted by molar-refractivity contribution is -0.109. The molecular weight excluding hydrogens is 418 g/mol. The molecule has 0 fully saturated rings. The molecule has 0 bridgehead atoms. The lowest BCUT2D eigenvalue weighted by Gasteiger charge is -2.24. The van der Waals surface area contributed by atoms with Gasteiger partial charge in [-0.15, -0.1) is 12.4 Å². The van der Waals surface area contributed by atoms with E-state index in [2.05, 4.69) is 15.6 Å². The van der Waals surface area contributed by atoms with Gasteiger partial charge in [0.15, 0.2) is 11.6 Å². The minimum atomic E-state index is -0.515. The number of halogens is 3. The summed E-state index contributed by atoms with van der Waals surface area (Å²) in [4.78, 5) is 16.6. The van der Waals surface area contributed by atoms with Crippen LogP contribution in [0, 0.1) is 5.82 Å². The third-order valence-corrected chi connectivity index (χ3v) is 4.55. The molecule has 0 saturated carbocycles. The second kappa shape index (κ2) is 11.8. The molecule has 2 rings (SSSR count). The van der Waals surface area contributed by atoms with Crippen molar-refractivity contribution in [3.63, 3.8) is 0 Å². The van der Waals surface area contributed by atoms with Crippen LogP contribution in [0.2, 0.25) is 5.02 Å². The Kier molecular flexibility index (Phi) is 10.2. The van der Waals surface area contributed by atoms with E-state index in [-0.39, 0.29) is 35.3 Å². The van der Waals surface area contributed by atoms with Crippen LogP contribution in [0.4, 0.5) is 10.2 Å². The second-order valence-corrected chi connectivity index (χ2v) is 7.09. The average molecular weight is 445 g/mol. The fourth-order valence-corrected chi connectivity index (χ4v) is 2.96. The van der Waals surface area contributed by atoms with Gasteiger partial charge >= 0.3 is 0 Å². The van der Waals surface area contributed by atoms with Crippen LogP contribution in [0.15, 0.2) is 30.5 Å². The Hall–Kier alpha value is -2.09. The van der Waals surface area contributed by atoms with Crippen molar-refractivity contribution in [1.82, 2.24) is 15.6 Å². The second-order valence-electron chi connectivity index (χ2n) is 6.68. The number of pyridine rings is 1. The largest absolute Gasteiger partial charge is 0.451 e. The van der Waals surface area contributed by atoms with Crippen LogP contribution in [-0.2, 0) is 4.79 Å². The van der Waals surface area contributed by atoms with Gasteiger partial charge in [0.25, 0.3) is 0 Å². The Balaban J connectivity index is 0.00000420. The quantitative estimate of drug-likeness (QED) is 0.533. The molecular formula is C20H27Cl2FN4O2. The molecule has 2 N–H and O–H groups in total. The number of carbonyl (C=O) groups excluding carboxylic acids is 1. The number of aromatic nitrogens is 1. The number of hydrogen-bond donors (Lipinski definition) is 2. The minimum absolute atomic E-state index is 0. The van der Waals surface area contributed by atoms with Gasteiger partial charge in [-0.05, 0) is 31.5 Å². The molecule has 29 heavy (non-hydrogen) atoms. The van der Waals surface area contributed by atoms with Crippen LogP contribution >= 0.6 is 24.0 Å². The van der Waals surface area contributed by atoms with Crippen LogP contribution in [0.25, 0.3) is 0 Å². The minimum Gasteiger partial charge on any atom is -0.451 e. The summed E-state index contributed by atoms with van der Waals surface area (Å²) in [5, 5.41) is 6.11. The van der Waals surface area contributed by atoms with Gasteiger partial charge < -0.3 is 20.3 Å². The van der Waals surface area contributed by atoms with E-state index < -0.39 is 5.82 Å². The molecule has 1 aromatic heterocycles. The number of amides is 1. The van der Waals surface area contributed by atoms with Gasteiger partial charge in [-0.2, -0.15) is 0 Å².